The quantitative estimate of drug-likeness (QED) is 0.470. The monoisotopic (exact) mass is 295 g/mol. The number of carbonyl (C=O) groups excluding carboxylic acids is 1. The normalized spacial score (nSPS) is 14.6. The summed E-state index contributed by atoms with van der Waals surface area (Å²) in [6.45, 7) is 7.60. The summed E-state index contributed by atoms with van der Waals surface area (Å²) in [7, 11) is 0. The van der Waals surface area contributed by atoms with Crippen LogP contribution in [0.3, 0.4) is 0 Å². The van der Waals surface area contributed by atoms with E-state index in [-0.39, 0.29) is 18.6 Å². The lowest BCUT2D eigenvalue weighted by molar-refractivity contribution is -0.151. The number of unbranched alkanes of at least 4 members (excludes halogenated alkanes) is 1. The molecule has 0 aliphatic heterocycles. The smallest absolute Gasteiger partial charge is 0.326 e. The number of carbonyl (C=O) groups is 1. The third-order valence-electron chi connectivity index (χ3n) is 2.79. The van der Waals surface area contributed by atoms with Crippen LogP contribution in [0.4, 0.5) is 8.78 Å². The summed E-state index contributed by atoms with van der Waals surface area (Å²) in [5.74, 6) is -0.276. The van der Waals surface area contributed by atoms with Gasteiger partial charge in [-0.3, -0.25) is 10.1 Å². The summed E-state index contributed by atoms with van der Waals surface area (Å²) in [6, 6.07) is 0.152. The molecule has 1 unspecified atom stereocenters. The highest BCUT2D eigenvalue weighted by atomic mass is 19.3. The third-order valence-corrected chi connectivity index (χ3v) is 2.79. The Morgan fingerprint density at radius 1 is 1.30 bits per heavy atom. The topological polar surface area (TPSA) is 47.6 Å². The lowest BCUT2D eigenvalue weighted by atomic mass is 9.94. The van der Waals surface area contributed by atoms with Crippen LogP contribution in [0.15, 0.2) is 0 Å². The lowest BCUT2D eigenvalue weighted by Gasteiger charge is -2.30. The summed E-state index contributed by atoms with van der Waals surface area (Å²) in [4.78, 5) is 12.0. The van der Waals surface area contributed by atoms with Crippen molar-refractivity contribution in [3.63, 3.8) is 0 Å². The van der Waals surface area contributed by atoms with Gasteiger partial charge in [-0.25, -0.2) is 8.78 Å². The van der Waals surface area contributed by atoms with E-state index < -0.39 is 18.6 Å². The molecule has 1 N–H and O–H groups in total. The van der Waals surface area contributed by atoms with Crippen molar-refractivity contribution in [3.8, 4) is 0 Å². The molecule has 120 valence electrons. The van der Waals surface area contributed by atoms with E-state index >= 15 is 0 Å². The highest BCUT2D eigenvalue weighted by Crippen LogP contribution is 2.17. The van der Waals surface area contributed by atoms with E-state index in [1.807, 2.05) is 20.8 Å². The molecule has 0 spiro atoms. The predicted octanol–water partition coefficient (Wildman–Crippen LogP) is 2.76. The van der Waals surface area contributed by atoms with Crippen molar-refractivity contribution < 1.29 is 23.0 Å². The van der Waals surface area contributed by atoms with Gasteiger partial charge in [0.05, 0.1) is 6.61 Å². The molecule has 20 heavy (non-hydrogen) atoms. The van der Waals surface area contributed by atoms with Gasteiger partial charge in [0.2, 0.25) is 0 Å². The maximum atomic E-state index is 12.0. The van der Waals surface area contributed by atoms with Crippen molar-refractivity contribution in [3.05, 3.63) is 0 Å². The molecule has 0 rings (SSSR count). The molecule has 6 heteroatoms. The molecular formula is C14H27F2NO3. The molecule has 0 fully saturated rings. The van der Waals surface area contributed by atoms with Crippen molar-refractivity contribution in [1.82, 2.24) is 5.32 Å². The zero-order chi connectivity index (χ0) is 15.6. The van der Waals surface area contributed by atoms with E-state index in [1.165, 1.54) is 0 Å². The Bertz CT molecular complexity index is 275. The Kier molecular flexibility index (Phi) is 9.67. The van der Waals surface area contributed by atoms with Crippen LogP contribution in [0.5, 0.6) is 0 Å². The number of ether oxygens (including phenoxy) is 2. The summed E-state index contributed by atoms with van der Waals surface area (Å²) < 4.78 is 33.6. The molecule has 0 radical (unpaired) electrons. The number of nitrogens with one attached hydrogen (secondary N) is 1. The fraction of sp³-hybridized carbons (Fsp3) is 0.929. The standard InChI is InChI=1S/C14H27F2NO3/c1-5-20-13(18)14(4,17-11(2)3)8-6-7-9-19-10-12(15)16/h11-12,17H,5-10H2,1-4H3. The van der Waals surface area contributed by atoms with Crippen LogP contribution in [0, 0.1) is 0 Å². The maximum absolute atomic E-state index is 12.0. The van der Waals surface area contributed by atoms with E-state index in [4.69, 9.17) is 9.47 Å². The van der Waals surface area contributed by atoms with E-state index in [1.54, 1.807) is 6.92 Å². The van der Waals surface area contributed by atoms with Crippen molar-refractivity contribution in [2.24, 2.45) is 0 Å². The third kappa shape index (κ3) is 8.43. The molecule has 4 nitrogen and oxygen atoms in total. The van der Waals surface area contributed by atoms with Crippen LogP contribution < -0.4 is 5.32 Å². The van der Waals surface area contributed by atoms with Gasteiger partial charge in [0, 0.05) is 12.6 Å². The van der Waals surface area contributed by atoms with E-state index in [0.29, 0.717) is 25.9 Å². The van der Waals surface area contributed by atoms with Crippen molar-refractivity contribution >= 4 is 5.97 Å². The van der Waals surface area contributed by atoms with Gasteiger partial charge in [0.25, 0.3) is 6.43 Å². The number of hydrogen-bond acceptors (Lipinski definition) is 4. The number of alkyl halides is 2. The summed E-state index contributed by atoms with van der Waals surface area (Å²) >= 11 is 0. The number of rotatable bonds is 11. The van der Waals surface area contributed by atoms with Gasteiger partial charge in [0.15, 0.2) is 0 Å². The first-order chi connectivity index (χ1) is 9.31. The van der Waals surface area contributed by atoms with Crippen molar-refractivity contribution in [2.45, 2.75) is 65.0 Å². The van der Waals surface area contributed by atoms with Crippen molar-refractivity contribution in [2.75, 3.05) is 19.8 Å². The van der Waals surface area contributed by atoms with Crippen LogP contribution in [-0.2, 0) is 14.3 Å². The van der Waals surface area contributed by atoms with Crippen LogP contribution >= 0.6 is 0 Å². The second kappa shape index (κ2) is 10.0. The van der Waals surface area contributed by atoms with Gasteiger partial charge < -0.3 is 9.47 Å². The first kappa shape index (κ1) is 19.2. The molecule has 0 saturated heterocycles. The molecule has 0 aromatic heterocycles. The first-order valence-corrected chi connectivity index (χ1v) is 7.12. The molecule has 0 saturated carbocycles. The summed E-state index contributed by atoms with van der Waals surface area (Å²) in [5.41, 5.74) is -0.743. The van der Waals surface area contributed by atoms with Crippen LogP contribution in [0.25, 0.3) is 0 Å². The highest BCUT2D eigenvalue weighted by Gasteiger charge is 2.34. The Labute approximate surface area is 120 Å². The average molecular weight is 295 g/mol. The second-order valence-electron chi connectivity index (χ2n) is 5.27. The predicted molar refractivity (Wildman–Crippen MR) is 74.0 cm³/mol. The molecule has 0 aliphatic carbocycles. The first-order valence-electron chi connectivity index (χ1n) is 7.12. The van der Waals surface area contributed by atoms with E-state index in [0.717, 1.165) is 0 Å². The number of halogens is 2. The molecule has 0 bridgehead atoms. The number of hydrogen-bond donors (Lipinski definition) is 1. The SMILES string of the molecule is CCOC(=O)C(C)(CCCCOCC(F)F)NC(C)C. The molecule has 0 aromatic rings. The van der Waals surface area contributed by atoms with Crippen molar-refractivity contribution in [1.29, 1.82) is 0 Å². The van der Waals surface area contributed by atoms with Gasteiger partial charge in [-0.1, -0.05) is 0 Å². The Hall–Kier alpha value is -0.750. The Balaban J connectivity index is 4.13. The minimum Gasteiger partial charge on any atom is -0.465 e. The molecule has 0 amide bonds. The van der Waals surface area contributed by atoms with Crippen LogP contribution in [0.1, 0.15) is 47.0 Å². The highest BCUT2D eigenvalue weighted by molar-refractivity contribution is 5.80. The molecule has 0 aliphatic rings. The van der Waals surface area contributed by atoms with Gasteiger partial charge in [-0.05, 0) is 47.0 Å². The van der Waals surface area contributed by atoms with Gasteiger partial charge in [-0.15, -0.1) is 0 Å². The van der Waals surface area contributed by atoms with Gasteiger partial charge in [-0.2, -0.15) is 0 Å². The largest absolute Gasteiger partial charge is 0.465 e. The summed E-state index contributed by atoms with van der Waals surface area (Å²) in [6.07, 6.45) is -0.496. The molecule has 0 heterocycles. The van der Waals surface area contributed by atoms with E-state index in [2.05, 4.69) is 5.32 Å². The Morgan fingerprint density at radius 2 is 1.95 bits per heavy atom. The fourth-order valence-electron chi connectivity index (χ4n) is 2.02. The number of esters is 1. The minimum absolute atomic E-state index is 0.152. The molecular weight excluding hydrogens is 268 g/mol. The van der Waals surface area contributed by atoms with E-state index in [9.17, 15) is 13.6 Å². The zero-order valence-corrected chi connectivity index (χ0v) is 12.9. The van der Waals surface area contributed by atoms with Gasteiger partial charge >= 0.3 is 5.97 Å². The molecule has 0 aromatic carbocycles. The van der Waals surface area contributed by atoms with Crippen LogP contribution in [-0.4, -0.2) is 43.8 Å². The fourth-order valence-corrected chi connectivity index (χ4v) is 2.02. The van der Waals surface area contributed by atoms with Crippen LogP contribution in [0.2, 0.25) is 0 Å². The van der Waals surface area contributed by atoms with Gasteiger partial charge in [0.1, 0.15) is 12.1 Å². The molecule has 1 atom stereocenters. The lowest BCUT2D eigenvalue weighted by Crippen LogP contribution is -2.53. The zero-order valence-electron chi connectivity index (χ0n) is 12.9. The average Bonchev–Trinajstić information content (AvgIpc) is 2.32. The Morgan fingerprint density at radius 3 is 2.45 bits per heavy atom. The summed E-state index contributed by atoms with van der Waals surface area (Å²) in [5, 5.41) is 3.21. The maximum Gasteiger partial charge on any atom is 0.326 e. The second-order valence-corrected chi connectivity index (χ2v) is 5.27. The minimum atomic E-state index is -2.43.